The van der Waals surface area contributed by atoms with Crippen LogP contribution in [0, 0.1) is 20.8 Å². The first-order chi connectivity index (χ1) is 11.4. The summed E-state index contributed by atoms with van der Waals surface area (Å²) in [5, 5.41) is 22.1. The summed E-state index contributed by atoms with van der Waals surface area (Å²) in [6.45, 7) is 10.3. The Kier molecular flexibility index (Phi) is 6.62. The number of carbonyl (C=O) groups excluding carboxylic acids is 2. The summed E-state index contributed by atoms with van der Waals surface area (Å²) in [4.78, 5) is 23.9. The maximum Gasteiger partial charge on any atom is 0.489 e. The van der Waals surface area contributed by atoms with Crippen molar-refractivity contribution in [1.29, 1.82) is 0 Å². The second kappa shape index (κ2) is 7.88. The van der Waals surface area contributed by atoms with Gasteiger partial charge >= 0.3 is 19.2 Å². The number of benzene rings is 1. The molecule has 1 aromatic carbocycles. The molecule has 138 valence electrons. The van der Waals surface area contributed by atoms with Gasteiger partial charge in [0.2, 0.25) is 0 Å². The molecule has 1 aromatic rings. The molecule has 0 aromatic heterocycles. The highest BCUT2D eigenvalue weighted by Crippen LogP contribution is 2.27. The molecule has 0 atom stereocenters. The lowest BCUT2D eigenvalue weighted by atomic mass is 9.71. The topological polar surface area (TPSA) is 105 Å². The highest BCUT2D eigenvalue weighted by Gasteiger charge is 2.27. The molecule has 0 saturated carbocycles. The largest absolute Gasteiger partial charge is 0.489 e. The first-order valence-corrected chi connectivity index (χ1v) is 7.94. The molecular formula is C17H26BNO6. The van der Waals surface area contributed by atoms with Crippen LogP contribution in [0.3, 0.4) is 0 Å². The van der Waals surface area contributed by atoms with E-state index in [0.717, 1.165) is 0 Å². The fourth-order valence-corrected chi connectivity index (χ4v) is 2.75. The molecule has 0 bridgehead atoms. The predicted molar refractivity (Wildman–Crippen MR) is 96.1 cm³/mol. The van der Waals surface area contributed by atoms with E-state index in [9.17, 15) is 19.6 Å². The number of ether oxygens (including phenoxy) is 2. The number of esters is 1. The van der Waals surface area contributed by atoms with E-state index in [1.165, 1.54) is 7.11 Å². The first kappa shape index (κ1) is 21.0. The molecule has 1 amide bonds. The smallest absolute Gasteiger partial charge is 0.469 e. The van der Waals surface area contributed by atoms with Crippen molar-refractivity contribution in [3.63, 3.8) is 0 Å². The zero-order valence-electron chi connectivity index (χ0n) is 15.8. The molecule has 0 aliphatic rings. The molecule has 0 radical (unpaired) electrons. The molecule has 0 aliphatic carbocycles. The first-order valence-electron chi connectivity index (χ1n) is 7.94. The van der Waals surface area contributed by atoms with Crippen LogP contribution in [0.1, 0.15) is 43.0 Å². The van der Waals surface area contributed by atoms with Gasteiger partial charge in [-0.2, -0.15) is 0 Å². The fraction of sp³-hybridized carbons (Fsp3) is 0.529. The van der Waals surface area contributed by atoms with Crippen LogP contribution in [0.2, 0.25) is 0 Å². The summed E-state index contributed by atoms with van der Waals surface area (Å²) < 4.78 is 9.96. The fourth-order valence-electron chi connectivity index (χ4n) is 2.75. The van der Waals surface area contributed by atoms with Crippen LogP contribution in [0.15, 0.2) is 0 Å². The number of carbonyl (C=O) groups is 2. The van der Waals surface area contributed by atoms with Crippen LogP contribution in [0.5, 0.6) is 0 Å². The minimum atomic E-state index is -1.74. The van der Waals surface area contributed by atoms with Crippen molar-refractivity contribution in [1.82, 2.24) is 0 Å². The molecule has 0 fully saturated rings. The molecular weight excluding hydrogens is 325 g/mol. The van der Waals surface area contributed by atoms with Crippen molar-refractivity contribution in [2.45, 2.75) is 53.6 Å². The van der Waals surface area contributed by atoms with Crippen LogP contribution < -0.4 is 10.8 Å². The maximum atomic E-state index is 12.1. The SMILES string of the molecule is COC(=O)Cc1c(C)c(NC(=O)OC(C)(C)C)c(C)c(B(O)O)c1C. The average Bonchev–Trinajstić information content (AvgIpc) is 2.45. The van der Waals surface area contributed by atoms with Crippen molar-refractivity contribution in [2.75, 3.05) is 12.4 Å². The Morgan fingerprint density at radius 3 is 2.08 bits per heavy atom. The van der Waals surface area contributed by atoms with Crippen molar-refractivity contribution in [3.05, 3.63) is 22.3 Å². The van der Waals surface area contributed by atoms with Gasteiger partial charge in [0.05, 0.1) is 13.5 Å². The van der Waals surface area contributed by atoms with Gasteiger partial charge in [-0.25, -0.2) is 4.79 Å². The third-order valence-electron chi connectivity index (χ3n) is 3.90. The normalized spacial score (nSPS) is 11.1. The Morgan fingerprint density at radius 2 is 1.64 bits per heavy atom. The summed E-state index contributed by atoms with van der Waals surface area (Å²) in [5.41, 5.74) is 2.26. The van der Waals surface area contributed by atoms with Gasteiger partial charge in [0, 0.05) is 5.69 Å². The van der Waals surface area contributed by atoms with E-state index >= 15 is 0 Å². The van der Waals surface area contributed by atoms with E-state index in [1.54, 1.807) is 41.5 Å². The van der Waals surface area contributed by atoms with Crippen LogP contribution >= 0.6 is 0 Å². The van der Waals surface area contributed by atoms with Crippen LogP contribution in [0.25, 0.3) is 0 Å². The van der Waals surface area contributed by atoms with E-state index in [-0.39, 0.29) is 11.9 Å². The summed E-state index contributed by atoms with van der Waals surface area (Å²) in [6.07, 6.45) is -0.707. The number of hydrogen-bond donors (Lipinski definition) is 3. The summed E-state index contributed by atoms with van der Waals surface area (Å²) in [5.74, 6) is -0.461. The Hall–Kier alpha value is -2.06. The maximum absolute atomic E-state index is 12.1. The van der Waals surface area contributed by atoms with E-state index in [1.807, 2.05) is 0 Å². The Bertz CT molecular complexity index is 679. The quantitative estimate of drug-likeness (QED) is 0.559. The lowest BCUT2D eigenvalue weighted by Gasteiger charge is -2.24. The number of rotatable bonds is 4. The van der Waals surface area contributed by atoms with Gasteiger partial charge in [-0.05, 0) is 69.3 Å². The van der Waals surface area contributed by atoms with Gasteiger partial charge in [0.1, 0.15) is 5.60 Å². The van der Waals surface area contributed by atoms with Crippen LogP contribution in [0.4, 0.5) is 10.5 Å². The molecule has 0 saturated heterocycles. The molecule has 7 nitrogen and oxygen atoms in total. The molecule has 0 spiro atoms. The standard InChI is InChI=1S/C17H26BNO6/c1-9-12(8-13(20)24-7)10(2)15(11(3)14(9)18(22)23)19-16(21)25-17(4,5)6/h22-23H,8H2,1-7H3,(H,19,21). The van der Waals surface area contributed by atoms with Gasteiger partial charge in [-0.15, -0.1) is 0 Å². The highest BCUT2D eigenvalue weighted by atomic mass is 16.6. The highest BCUT2D eigenvalue weighted by molar-refractivity contribution is 6.60. The lowest BCUT2D eigenvalue weighted by Crippen LogP contribution is -2.37. The van der Waals surface area contributed by atoms with Gasteiger partial charge in [-0.1, -0.05) is 0 Å². The lowest BCUT2D eigenvalue weighted by molar-refractivity contribution is -0.139. The zero-order valence-corrected chi connectivity index (χ0v) is 15.8. The molecule has 3 N–H and O–H groups in total. The van der Waals surface area contributed by atoms with Crippen molar-refractivity contribution >= 4 is 30.3 Å². The molecule has 0 unspecified atom stereocenters. The van der Waals surface area contributed by atoms with E-state index in [2.05, 4.69) is 5.32 Å². The van der Waals surface area contributed by atoms with E-state index in [4.69, 9.17) is 9.47 Å². The second-order valence-electron chi connectivity index (χ2n) is 6.90. The second-order valence-corrected chi connectivity index (χ2v) is 6.90. The Labute approximate surface area is 148 Å². The number of hydrogen-bond acceptors (Lipinski definition) is 6. The molecule has 0 aliphatic heterocycles. The minimum Gasteiger partial charge on any atom is -0.469 e. The minimum absolute atomic E-state index is 0.0445. The third-order valence-corrected chi connectivity index (χ3v) is 3.90. The number of anilines is 1. The van der Waals surface area contributed by atoms with Gasteiger partial charge < -0.3 is 19.5 Å². The van der Waals surface area contributed by atoms with Crippen LogP contribution in [-0.4, -0.2) is 41.9 Å². The molecule has 25 heavy (non-hydrogen) atoms. The van der Waals surface area contributed by atoms with Gasteiger partial charge in [0.15, 0.2) is 0 Å². The predicted octanol–water partition coefficient (Wildman–Crippen LogP) is 1.35. The summed E-state index contributed by atoms with van der Waals surface area (Å²) in [6, 6.07) is 0. The summed E-state index contributed by atoms with van der Waals surface area (Å²) >= 11 is 0. The van der Waals surface area contributed by atoms with Crippen molar-refractivity contribution < 1.29 is 29.1 Å². The van der Waals surface area contributed by atoms with Gasteiger partial charge in [0.25, 0.3) is 0 Å². The monoisotopic (exact) mass is 351 g/mol. The Balaban J connectivity index is 3.45. The van der Waals surface area contributed by atoms with Crippen LogP contribution in [-0.2, 0) is 20.7 Å². The third kappa shape index (κ3) is 5.21. The average molecular weight is 351 g/mol. The number of nitrogens with one attached hydrogen (secondary N) is 1. The van der Waals surface area contributed by atoms with Crippen molar-refractivity contribution in [2.24, 2.45) is 0 Å². The van der Waals surface area contributed by atoms with E-state index in [0.29, 0.717) is 27.9 Å². The molecule has 1 rings (SSSR count). The van der Waals surface area contributed by atoms with Gasteiger partial charge in [-0.3, -0.25) is 10.1 Å². The molecule has 0 heterocycles. The number of methoxy groups -OCH3 is 1. The van der Waals surface area contributed by atoms with E-state index < -0.39 is 24.8 Å². The Morgan fingerprint density at radius 1 is 1.08 bits per heavy atom. The number of amides is 1. The zero-order chi connectivity index (χ0) is 19.5. The molecule has 8 heteroatoms. The van der Waals surface area contributed by atoms with Crippen molar-refractivity contribution in [3.8, 4) is 0 Å². The summed E-state index contributed by atoms with van der Waals surface area (Å²) in [7, 11) is -0.459.